The number of hydrogen-bond donors (Lipinski definition) is 0. The summed E-state index contributed by atoms with van der Waals surface area (Å²) >= 11 is 0. The average molecular weight is 1360 g/mol. The average Bonchev–Trinajstić information content (AvgIpc) is 1.52. The first kappa shape index (κ1) is 65.9. The molecule has 0 heterocycles. The molecule has 14 aromatic rings. The fourth-order valence-corrected chi connectivity index (χ4v) is 21.4. The summed E-state index contributed by atoms with van der Waals surface area (Å²) in [6.07, 6.45) is 17.8. The normalized spacial score (nSPS) is 15.7. The molecule has 14 aromatic carbocycles. The Kier molecular flexibility index (Phi) is 15.4. The zero-order valence-electron chi connectivity index (χ0n) is 63.5. The van der Waals surface area contributed by atoms with E-state index in [1.165, 1.54) is 278 Å². The zero-order valence-corrected chi connectivity index (χ0v) is 63.5. The Morgan fingerprint density at radius 2 is 0.429 bits per heavy atom. The molecule has 0 aliphatic heterocycles. The van der Waals surface area contributed by atoms with E-state index in [4.69, 9.17) is 0 Å². The van der Waals surface area contributed by atoms with E-state index in [9.17, 15) is 0 Å². The minimum Gasteiger partial charge on any atom is -0.0654 e. The molecule has 19 rings (SSSR count). The highest BCUT2D eigenvalue weighted by atomic mass is 14.5. The molecule has 0 radical (unpaired) electrons. The smallest absolute Gasteiger partial charge is 0.0215 e. The predicted octanol–water partition coefficient (Wildman–Crippen LogP) is 30.0. The molecule has 0 saturated heterocycles. The Bertz CT molecular complexity index is 5550. The van der Waals surface area contributed by atoms with Crippen molar-refractivity contribution < 1.29 is 0 Å². The monoisotopic (exact) mass is 1360 g/mol. The van der Waals surface area contributed by atoms with E-state index < -0.39 is 0 Å². The van der Waals surface area contributed by atoms with Gasteiger partial charge in [-0.25, -0.2) is 0 Å². The van der Waals surface area contributed by atoms with Crippen molar-refractivity contribution >= 4 is 43.1 Å². The van der Waals surface area contributed by atoms with Gasteiger partial charge in [-0.05, 0) is 260 Å². The van der Waals surface area contributed by atoms with Gasteiger partial charge in [-0.15, -0.1) is 0 Å². The molecule has 5 aliphatic carbocycles. The lowest BCUT2D eigenvalue weighted by Crippen LogP contribution is -2.26. The summed E-state index contributed by atoms with van der Waals surface area (Å²) < 4.78 is 0. The van der Waals surface area contributed by atoms with Gasteiger partial charge in [-0.2, -0.15) is 0 Å². The lowest BCUT2D eigenvalue weighted by molar-refractivity contribution is 0.398. The van der Waals surface area contributed by atoms with Crippen LogP contribution in [0.25, 0.3) is 143 Å². The maximum absolute atomic E-state index is 2.80. The van der Waals surface area contributed by atoms with Gasteiger partial charge in [0.2, 0.25) is 0 Å². The molecular weight excluding hydrogens is 1260 g/mol. The second-order valence-corrected chi connectivity index (χ2v) is 34.3. The van der Waals surface area contributed by atoms with Gasteiger partial charge in [0.1, 0.15) is 0 Å². The largest absolute Gasteiger partial charge is 0.0654 e. The third-order valence-corrected chi connectivity index (χ3v) is 27.1. The van der Waals surface area contributed by atoms with E-state index in [0.29, 0.717) is 0 Å². The maximum atomic E-state index is 2.80. The minimum atomic E-state index is -0.256. The van der Waals surface area contributed by atoms with Crippen molar-refractivity contribution in [3.05, 3.63) is 298 Å². The van der Waals surface area contributed by atoms with E-state index in [1.54, 1.807) is 11.1 Å². The highest BCUT2D eigenvalue weighted by Crippen LogP contribution is 2.65. The molecule has 0 heteroatoms. The fourth-order valence-electron chi connectivity index (χ4n) is 21.4. The second-order valence-electron chi connectivity index (χ2n) is 34.3. The predicted molar refractivity (Wildman–Crippen MR) is 451 cm³/mol. The summed E-state index contributed by atoms with van der Waals surface area (Å²) in [5, 5.41) is 10.7. The first-order chi connectivity index (χ1) is 51.0. The molecule has 518 valence electrons. The van der Waals surface area contributed by atoms with Gasteiger partial charge < -0.3 is 0 Å². The Hall–Kier alpha value is -9.88. The highest BCUT2D eigenvalue weighted by Gasteiger charge is 2.49. The van der Waals surface area contributed by atoms with Crippen molar-refractivity contribution in [2.75, 3.05) is 0 Å². The number of fused-ring (bicyclic) bond motifs is 23. The topological polar surface area (TPSA) is 0 Å². The van der Waals surface area contributed by atoms with E-state index in [0.717, 1.165) is 0 Å². The van der Waals surface area contributed by atoms with Crippen LogP contribution in [0.5, 0.6) is 0 Å². The van der Waals surface area contributed by atoms with Crippen LogP contribution < -0.4 is 0 Å². The molecule has 0 fully saturated rings. The second kappa shape index (κ2) is 24.6. The van der Waals surface area contributed by atoms with Crippen molar-refractivity contribution in [1.29, 1.82) is 0 Å². The van der Waals surface area contributed by atoms with Gasteiger partial charge >= 0.3 is 0 Å². The van der Waals surface area contributed by atoms with Gasteiger partial charge in [0, 0.05) is 27.1 Å². The molecule has 5 aliphatic rings. The summed E-state index contributed by atoms with van der Waals surface area (Å²) in [7, 11) is 0. The fraction of sp³-hybridized carbons (Fsp3) is 0.276. The van der Waals surface area contributed by atoms with Gasteiger partial charge in [-0.3, -0.25) is 0 Å². The van der Waals surface area contributed by atoms with Crippen molar-refractivity contribution in [2.24, 2.45) is 0 Å². The summed E-state index contributed by atoms with van der Waals surface area (Å²) in [6.45, 7) is 24.5. The molecule has 0 aromatic heterocycles. The van der Waals surface area contributed by atoms with Crippen LogP contribution in [0.3, 0.4) is 0 Å². The first-order valence-corrected chi connectivity index (χ1v) is 40.1. The summed E-state index contributed by atoms with van der Waals surface area (Å²) in [5.41, 5.74) is 38.4. The molecule has 0 bridgehead atoms. The molecule has 0 nitrogen and oxygen atoms in total. The van der Waals surface area contributed by atoms with Crippen LogP contribution in [-0.4, -0.2) is 0 Å². The van der Waals surface area contributed by atoms with Gasteiger partial charge in [0.05, 0.1) is 0 Å². The molecule has 0 atom stereocenters. The Labute approximate surface area is 623 Å². The van der Waals surface area contributed by atoms with Crippen molar-refractivity contribution in [3.63, 3.8) is 0 Å². The molecular formula is C105H98. The van der Waals surface area contributed by atoms with Crippen LogP contribution in [0.15, 0.2) is 243 Å². The zero-order chi connectivity index (χ0) is 71.5. The van der Waals surface area contributed by atoms with Crippen LogP contribution in [0, 0.1) is 0 Å². The molecule has 0 saturated carbocycles. The summed E-state index contributed by atoms with van der Waals surface area (Å²) in [4.78, 5) is 0. The summed E-state index contributed by atoms with van der Waals surface area (Å²) in [5.74, 6) is 0. The number of hydrogen-bond acceptors (Lipinski definition) is 0. The van der Waals surface area contributed by atoms with E-state index in [1.807, 2.05) is 0 Å². The lowest BCUT2D eigenvalue weighted by Gasteiger charge is -2.34. The molecule has 0 N–H and O–H groups in total. The van der Waals surface area contributed by atoms with Crippen molar-refractivity contribution in [1.82, 2.24) is 0 Å². The summed E-state index contributed by atoms with van der Waals surface area (Å²) in [6, 6.07) is 95.9. The lowest BCUT2D eigenvalue weighted by atomic mass is 9.69. The number of benzene rings is 14. The van der Waals surface area contributed by atoms with Crippen molar-refractivity contribution in [3.8, 4) is 100 Å². The molecule has 0 spiro atoms. The molecule has 0 amide bonds. The Morgan fingerprint density at radius 1 is 0.190 bits per heavy atom. The SMILES string of the molecule is CCCCCCCCC1(CCCCCCCC)c2cc3c(cc2-c2cc4c(cc21)-c1c(cc(-c2ccc(-c5cc6c(c7ccccc57)-c5ccccc5C6(C)C)cc2)c2ccccc12)C4(C)C)C(C)(C)c1cc(-c2ccc(-c4cc5c(c6ccccc46)-c4ccccc4C5(C)C)cc2)c2ccccc2c1-3. The molecule has 0 unspecified atom stereocenters. The van der Waals surface area contributed by atoms with Crippen LogP contribution in [0.2, 0.25) is 0 Å². The van der Waals surface area contributed by atoms with Gasteiger partial charge in [0.25, 0.3) is 0 Å². The minimum absolute atomic E-state index is 0.0968. The number of rotatable bonds is 18. The number of unbranched alkanes of at least 4 members (excludes halogenated alkanes) is 10. The molecule has 105 heavy (non-hydrogen) atoms. The standard InChI is InChI=1S/C105H98/c1-11-13-15-17-19-33-55-105(56-34-20-18-16-14-12-2)91-63-85-89(103(7,8)95-59-81(71-37-23-27-41-75(71)99(85)95)67-51-47-65(48-52-67)79-57-93-97(73-39-25-21-35-69(73)79)77-43-29-31-45-87(77)101(93,3)4)61-83(91)84-62-90-86(64-92(84)105)100-76-42-28-24-38-72(76)82(60-96(100)104(90,9)10)68-53-49-66(50-54-68)80-58-94-98(74-40-26-22-36-70(74)80)78-44-30-32-46-88(78)102(94,5)6/h21-32,35-54,57-64H,11-20,33-34,55-56H2,1-10H3. The van der Waals surface area contributed by atoms with Crippen LogP contribution in [0.4, 0.5) is 0 Å². The Morgan fingerprint density at radius 3 is 0.743 bits per heavy atom. The van der Waals surface area contributed by atoms with Gasteiger partial charge in [-0.1, -0.05) is 340 Å². The third-order valence-electron chi connectivity index (χ3n) is 27.1. The van der Waals surface area contributed by atoms with Crippen LogP contribution in [0.1, 0.15) is 215 Å². The first-order valence-electron chi connectivity index (χ1n) is 40.1. The van der Waals surface area contributed by atoms with Crippen LogP contribution >= 0.6 is 0 Å². The van der Waals surface area contributed by atoms with E-state index in [-0.39, 0.29) is 27.1 Å². The Balaban J connectivity index is 0.734. The van der Waals surface area contributed by atoms with Crippen LogP contribution in [-0.2, 0) is 27.1 Å². The maximum Gasteiger partial charge on any atom is 0.0215 e. The quantitative estimate of drug-likeness (QED) is 0.0751. The van der Waals surface area contributed by atoms with Crippen molar-refractivity contribution in [2.45, 2.75) is 186 Å². The van der Waals surface area contributed by atoms with E-state index >= 15 is 0 Å². The van der Waals surface area contributed by atoms with Gasteiger partial charge in [0.15, 0.2) is 0 Å². The van der Waals surface area contributed by atoms with E-state index in [2.05, 4.69) is 312 Å². The highest BCUT2D eigenvalue weighted by molar-refractivity contribution is 6.14. The third kappa shape index (κ3) is 9.76.